The SMILES string of the molecule is O=P([O-])([O-])O.O=P([O-])([O-])O.[Fe+2].[Na+].[Na+]. The maximum atomic E-state index is 8.66. The van der Waals surface area contributed by atoms with Crippen LogP contribution >= 0.6 is 15.6 Å². The first kappa shape index (κ1) is 29.6. The van der Waals surface area contributed by atoms with Gasteiger partial charge in [0, 0.05) is 0 Å². The Morgan fingerprint density at radius 2 is 0.769 bits per heavy atom. The van der Waals surface area contributed by atoms with Gasteiger partial charge in [-0.05, 0) is 0 Å². The molecule has 8 nitrogen and oxygen atoms in total. The molecular formula is H2FeNa2O8P2. The minimum Gasteiger partial charge on any atom is -0.790 e. The van der Waals surface area contributed by atoms with E-state index in [0.717, 1.165) is 0 Å². The topological polar surface area (TPSA) is 167 Å². The Labute approximate surface area is 129 Å². The van der Waals surface area contributed by atoms with E-state index in [2.05, 4.69) is 0 Å². The molecule has 0 fully saturated rings. The molecule has 0 saturated carbocycles. The summed E-state index contributed by atoms with van der Waals surface area (Å²) in [5, 5.41) is 0. The van der Waals surface area contributed by atoms with Crippen molar-refractivity contribution in [3.8, 4) is 0 Å². The van der Waals surface area contributed by atoms with E-state index in [9.17, 15) is 0 Å². The van der Waals surface area contributed by atoms with Gasteiger partial charge in [-0.15, -0.1) is 0 Å². The van der Waals surface area contributed by atoms with E-state index >= 15 is 0 Å². The van der Waals surface area contributed by atoms with E-state index in [1.54, 1.807) is 0 Å². The number of phosphoric acid groups is 2. The summed E-state index contributed by atoms with van der Waals surface area (Å²) in [6.07, 6.45) is 0. The second-order valence-electron chi connectivity index (χ2n) is 0.937. The Hall–Kier alpha value is 2.74. The third-order valence-corrected chi connectivity index (χ3v) is 0. The Bertz CT molecular complexity index is 132. The van der Waals surface area contributed by atoms with Crippen molar-refractivity contribution in [2.24, 2.45) is 0 Å². The zero-order chi connectivity index (χ0) is 9.00. The fourth-order valence-corrected chi connectivity index (χ4v) is 0. The van der Waals surface area contributed by atoms with Gasteiger partial charge in [-0.25, -0.2) is 0 Å². The third kappa shape index (κ3) is 319. The first-order chi connectivity index (χ1) is 4.00. The first-order valence-corrected chi connectivity index (χ1v) is 4.49. The summed E-state index contributed by atoms with van der Waals surface area (Å²) < 4.78 is 17.3. The first-order valence-electron chi connectivity index (χ1n) is 1.50. The summed E-state index contributed by atoms with van der Waals surface area (Å²) >= 11 is 0. The normalized spacial score (nSPS) is 9.08. The van der Waals surface area contributed by atoms with Crippen LogP contribution in [0.15, 0.2) is 0 Å². The van der Waals surface area contributed by atoms with Crippen molar-refractivity contribution < 1.29 is 115 Å². The van der Waals surface area contributed by atoms with Crippen LogP contribution in [0.2, 0.25) is 0 Å². The molecule has 0 rings (SSSR count). The van der Waals surface area contributed by atoms with E-state index in [1.807, 2.05) is 0 Å². The van der Waals surface area contributed by atoms with Crippen molar-refractivity contribution in [1.29, 1.82) is 0 Å². The van der Waals surface area contributed by atoms with Crippen LogP contribution in [0, 0.1) is 0 Å². The standard InChI is InChI=1S/Fe.2Na.2H3O4P/c;;;2*1-5(2,3)4/h;;;2*(H3,1,2,3,4)/q+2;2*+1;;/p-4. The molecule has 0 saturated heterocycles. The van der Waals surface area contributed by atoms with Gasteiger partial charge >= 0.3 is 76.2 Å². The molecule has 0 aliphatic carbocycles. The van der Waals surface area contributed by atoms with Crippen LogP contribution in [0.1, 0.15) is 0 Å². The molecule has 0 aromatic heterocycles. The van der Waals surface area contributed by atoms with Crippen LogP contribution in [0.4, 0.5) is 0 Å². The van der Waals surface area contributed by atoms with Crippen molar-refractivity contribution in [3.63, 3.8) is 0 Å². The summed E-state index contributed by atoms with van der Waals surface area (Å²) in [5.41, 5.74) is 0. The zero-order valence-corrected chi connectivity index (χ0v) is 13.5. The van der Waals surface area contributed by atoms with Crippen molar-refractivity contribution in [2.45, 2.75) is 0 Å². The largest absolute Gasteiger partial charge is 2.00 e. The van der Waals surface area contributed by atoms with Crippen LogP contribution in [-0.2, 0) is 26.2 Å². The molecule has 2 N–H and O–H groups in total. The zero-order valence-electron chi connectivity index (χ0n) is 6.59. The van der Waals surface area contributed by atoms with E-state index < -0.39 is 15.6 Å². The van der Waals surface area contributed by atoms with Gasteiger partial charge in [0.15, 0.2) is 0 Å². The smallest absolute Gasteiger partial charge is 0.790 e. The summed E-state index contributed by atoms with van der Waals surface area (Å²) in [6, 6.07) is 0. The second kappa shape index (κ2) is 12.8. The van der Waals surface area contributed by atoms with Crippen LogP contribution < -0.4 is 78.7 Å². The second-order valence-corrected chi connectivity index (χ2v) is 2.81. The predicted molar refractivity (Wildman–Crippen MR) is 19.7 cm³/mol. The van der Waals surface area contributed by atoms with Crippen LogP contribution in [0.25, 0.3) is 0 Å². The number of rotatable bonds is 0. The van der Waals surface area contributed by atoms with Gasteiger partial charge in [0.1, 0.15) is 0 Å². The Morgan fingerprint density at radius 1 is 0.769 bits per heavy atom. The van der Waals surface area contributed by atoms with E-state index in [0.29, 0.717) is 0 Å². The monoisotopic (exact) mass is 294 g/mol. The van der Waals surface area contributed by atoms with Crippen LogP contribution in [-0.4, -0.2) is 9.79 Å². The van der Waals surface area contributed by atoms with Crippen LogP contribution in [0.5, 0.6) is 0 Å². The molecule has 0 aromatic rings. The predicted octanol–water partition coefficient (Wildman–Crippen LogP) is -10.4. The molecule has 0 spiro atoms. The summed E-state index contributed by atoms with van der Waals surface area (Å²) in [4.78, 5) is 48.6. The summed E-state index contributed by atoms with van der Waals surface area (Å²) in [7, 11) is -10.3. The number of hydrogen-bond donors (Lipinski definition) is 2. The summed E-state index contributed by atoms with van der Waals surface area (Å²) in [5.74, 6) is 0. The molecule has 0 unspecified atom stereocenters. The van der Waals surface area contributed by atoms with E-state index in [1.165, 1.54) is 0 Å². The van der Waals surface area contributed by atoms with E-state index in [-0.39, 0.29) is 76.2 Å². The molecule has 0 heterocycles. The Kier molecular flexibility index (Phi) is 29.2. The fraction of sp³-hybridized carbons (Fsp3) is 0. The van der Waals surface area contributed by atoms with Crippen molar-refractivity contribution in [1.82, 2.24) is 0 Å². The van der Waals surface area contributed by atoms with Gasteiger partial charge in [0.05, 0.1) is 15.6 Å². The average Bonchev–Trinajstić information content (AvgIpc) is 1.12. The third-order valence-electron chi connectivity index (χ3n) is 0. The molecule has 0 aromatic carbocycles. The van der Waals surface area contributed by atoms with Gasteiger partial charge < -0.3 is 38.5 Å². The molecule has 70 valence electrons. The van der Waals surface area contributed by atoms with Crippen molar-refractivity contribution in [3.05, 3.63) is 0 Å². The molecule has 13 heteroatoms. The summed E-state index contributed by atoms with van der Waals surface area (Å²) in [6.45, 7) is 0. The molecule has 0 bridgehead atoms. The molecular weight excluding hydrogens is 292 g/mol. The molecule has 13 heavy (non-hydrogen) atoms. The van der Waals surface area contributed by atoms with Crippen LogP contribution in [0.3, 0.4) is 0 Å². The molecule has 0 atom stereocenters. The maximum absolute atomic E-state index is 8.66. The molecule has 0 aliphatic heterocycles. The number of hydrogen-bond acceptors (Lipinski definition) is 6. The quantitative estimate of drug-likeness (QED) is 0.328. The Morgan fingerprint density at radius 3 is 0.769 bits per heavy atom. The molecule has 0 radical (unpaired) electrons. The van der Waals surface area contributed by atoms with Gasteiger partial charge in [-0.1, -0.05) is 0 Å². The minimum absolute atomic E-state index is 0. The molecule has 0 amide bonds. The van der Waals surface area contributed by atoms with Gasteiger partial charge in [-0.2, -0.15) is 0 Å². The van der Waals surface area contributed by atoms with Crippen molar-refractivity contribution >= 4 is 15.6 Å². The van der Waals surface area contributed by atoms with Crippen molar-refractivity contribution in [2.75, 3.05) is 0 Å². The van der Waals surface area contributed by atoms with E-state index in [4.69, 9.17) is 38.5 Å². The van der Waals surface area contributed by atoms with Gasteiger partial charge in [-0.3, -0.25) is 0 Å². The Balaban J connectivity index is -0.0000000267. The van der Waals surface area contributed by atoms with Gasteiger partial charge in [0.2, 0.25) is 0 Å². The maximum Gasteiger partial charge on any atom is 2.00 e. The minimum atomic E-state index is -5.14. The van der Waals surface area contributed by atoms with Gasteiger partial charge in [0.25, 0.3) is 0 Å². The molecule has 0 aliphatic rings. The fourth-order valence-electron chi connectivity index (χ4n) is 0. The average molecular weight is 294 g/mol.